The normalized spacial score (nSPS) is 14.8. The molecule has 9 heteroatoms. The summed E-state index contributed by atoms with van der Waals surface area (Å²) in [5.74, 6) is 1.16. The Morgan fingerprint density at radius 3 is 2.61 bits per heavy atom. The molecule has 0 atom stereocenters. The van der Waals surface area contributed by atoms with Gasteiger partial charge in [-0.15, -0.1) is 24.0 Å². The molecule has 1 saturated carbocycles. The van der Waals surface area contributed by atoms with Crippen LogP contribution in [0.3, 0.4) is 0 Å². The third kappa shape index (κ3) is 10.6. The lowest BCUT2D eigenvalue weighted by atomic mass is 9.86. The molecule has 0 spiro atoms. The van der Waals surface area contributed by atoms with Gasteiger partial charge in [-0.1, -0.05) is 36.8 Å². The third-order valence-corrected chi connectivity index (χ3v) is 5.79. The summed E-state index contributed by atoms with van der Waals surface area (Å²) in [4.78, 5) is 4.42. The lowest BCUT2D eigenvalue weighted by Gasteiger charge is -2.25. The number of hydrogen-bond donors (Lipinski definition) is 3. The number of aliphatic imine (C=N–C) groups is 1. The molecule has 0 aliphatic heterocycles. The molecule has 160 valence electrons. The highest BCUT2D eigenvalue weighted by Gasteiger charge is 2.19. The maximum absolute atomic E-state index is 12.0. The Balaban J connectivity index is 0.00000392. The van der Waals surface area contributed by atoms with Gasteiger partial charge in [-0.05, 0) is 31.2 Å². The summed E-state index contributed by atoms with van der Waals surface area (Å²) in [5, 5.41) is 6.18. The van der Waals surface area contributed by atoms with E-state index in [9.17, 15) is 8.42 Å². The first-order valence-corrected chi connectivity index (χ1v) is 11.4. The molecular weight excluding hydrogens is 491 g/mol. The lowest BCUT2D eigenvalue weighted by Crippen LogP contribution is -2.42. The van der Waals surface area contributed by atoms with Gasteiger partial charge in [-0.2, -0.15) is 0 Å². The van der Waals surface area contributed by atoms with E-state index in [1.54, 1.807) is 0 Å². The van der Waals surface area contributed by atoms with E-state index in [4.69, 9.17) is 4.74 Å². The Kier molecular flexibility index (Phi) is 12.7. The summed E-state index contributed by atoms with van der Waals surface area (Å²) in [6.45, 7) is 5.14. The second kappa shape index (κ2) is 14.1. The van der Waals surface area contributed by atoms with Crippen LogP contribution in [0.15, 0.2) is 35.3 Å². The van der Waals surface area contributed by atoms with Gasteiger partial charge in [0.15, 0.2) is 5.96 Å². The van der Waals surface area contributed by atoms with Gasteiger partial charge in [0.25, 0.3) is 0 Å². The number of hydrogen-bond acceptors (Lipinski definition) is 4. The van der Waals surface area contributed by atoms with Gasteiger partial charge in [0.2, 0.25) is 10.0 Å². The Morgan fingerprint density at radius 2 is 1.96 bits per heavy atom. The van der Waals surface area contributed by atoms with Crippen LogP contribution in [0.2, 0.25) is 0 Å². The molecule has 0 saturated heterocycles. The van der Waals surface area contributed by atoms with E-state index in [0.717, 1.165) is 18.4 Å². The zero-order valence-electron chi connectivity index (χ0n) is 16.5. The quantitative estimate of drug-likeness (QED) is 0.169. The van der Waals surface area contributed by atoms with Crippen molar-refractivity contribution < 1.29 is 13.2 Å². The number of ether oxygens (including phenoxy) is 1. The Hall–Kier alpha value is -0.910. The molecule has 3 N–H and O–H groups in total. The molecule has 28 heavy (non-hydrogen) atoms. The van der Waals surface area contributed by atoms with Gasteiger partial charge in [0, 0.05) is 19.6 Å². The number of sulfonamides is 1. The molecule has 0 radical (unpaired) electrons. The lowest BCUT2D eigenvalue weighted by molar-refractivity contribution is 0.128. The van der Waals surface area contributed by atoms with Crippen molar-refractivity contribution in [2.24, 2.45) is 10.9 Å². The minimum Gasteiger partial charge on any atom is -0.375 e. The molecule has 0 bridgehead atoms. The molecule has 1 aromatic carbocycles. The molecule has 0 heterocycles. The average molecular weight is 524 g/mol. The van der Waals surface area contributed by atoms with Crippen LogP contribution in [-0.4, -0.2) is 52.9 Å². The Bertz CT molecular complexity index is 667. The minimum absolute atomic E-state index is 0. The van der Waals surface area contributed by atoms with Crippen molar-refractivity contribution in [2.75, 3.05) is 38.5 Å². The molecule has 1 fully saturated rings. The van der Waals surface area contributed by atoms with Gasteiger partial charge in [0.05, 0.1) is 25.5 Å². The molecule has 7 nitrogen and oxygen atoms in total. The third-order valence-electron chi connectivity index (χ3n) is 4.44. The number of benzene rings is 1. The number of rotatable bonds is 12. The summed E-state index contributed by atoms with van der Waals surface area (Å²) in [6, 6.07) is 9.99. The van der Waals surface area contributed by atoms with Crippen LogP contribution in [0.4, 0.5) is 0 Å². The first-order valence-electron chi connectivity index (χ1n) is 9.70. The monoisotopic (exact) mass is 524 g/mol. The largest absolute Gasteiger partial charge is 0.375 e. The van der Waals surface area contributed by atoms with Crippen molar-refractivity contribution in [2.45, 2.75) is 32.8 Å². The van der Waals surface area contributed by atoms with E-state index in [1.165, 1.54) is 6.42 Å². The SMILES string of the molecule is CCNC(=NCCOCc1ccccc1)NCCS(=O)(=O)NCC1CCC1.I. The second-order valence-electron chi connectivity index (χ2n) is 6.69. The molecule has 1 aromatic rings. The van der Waals surface area contributed by atoms with Crippen molar-refractivity contribution in [3.8, 4) is 0 Å². The standard InChI is InChI=1S/C19H32N4O3S.HI/c1-2-20-19(21-11-13-26-16-18-7-4-3-5-8-18)22-12-14-27(24,25)23-15-17-9-6-10-17;/h3-5,7-8,17,23H,2,6,9-16H2,1H3,(H2,20,21,22);1H. The summed E-state index contributed by atoms with van der Waals surface area (Å²) in [7, 11) is -3.24. The number of guanidine groups is 1. The maximum Gasteiger partial charge on any atom is 0.213 e. The van der Waals surface area contributed by atoms with Gasteiger partial charge in [0.1, 0.15) is 0 Å². The van der Waals surface area contributed by atoms with E-state index in [0.29, 0.717) is 51.3 Å². The van der Waals surface area contributed by atoms with E-state index < -0.39 is 10.0 Å². The molecule has 2 rings (SSSR count). The van der Waals surface area contributed by atoms with Crippen LogP contribution >= 0.6 is 24.0 Å². The minimum atomic E-state index is -3.24. The second-order valence-corrected chi connectivity index (χ2v) is 8.62. The first-order chi connectivity index (χ1) is 13.1. The van der Waals surface area contributed by atoms with Crippen LogP contribution in [0, 0.1) is 5.92 Å². The molecule has 1 aliphatic rings. The zero-order chi connectivity index (χ0) is 19.4. The van der Waals surface area contributed by atoms with Crippen molar-refractivity contribution >= 4 is 40.0 Å². The van der Waals surface area contributed by atoms with Crippen molar-refractivity contribution in [1.29, 1.82) is 0 Å². The zero-order valence-corrected chi connectivity index (χ0v) is 19.7. The molecule has 0 amide bonds. The van der Waals surface area contributed by atoms with Crippen LogP contribution in [-0.2, 0) is 21.4 Å². The average Bonchev–Trinajstić information content (AvgIpc) is 2.60. The molecule has 0 aromatic heterocycles. The van der Waals surface area contributed by atoms with Crippen LogP contribution in [0.5, 0.6) is 0 Å². The Morgan fingerprint density at radius 1 is 1.21 bits per heavy atom. The van der Waals surface area contributed by atoms with Crippen molar-refractivity contribution in [3.63, 3.8) is 0 Å². The van der Waals surface area contributed by atoms with Crippen molar-refractivity contribution in [1.82, 2.24) is 15.4 Å². The number of halogens is 1. The first kappa shape index (κ1) is 25.1. The van der Waals surface area contributed by atoms with E-state index in [2.05, 4.69) is 20.3 Å². The number of nitrogens with one attached hydrogen (secondary N) is 3. The molecule has 1 aliphatic carbocycles. The maximum atomic E-state index is 12.0. The van der Waals surface area contributed by atoms with Gasteiger partial charge in [-0.3, -0.25) is 4.99 Å². The highest BCUT2D eigenvalue weighted by molar-refractivity contribution is 14.0. The summed E-state index contributed by atoms with van der Waals surface area (Å²) in [5.41, 5.74) is 1.13. The predicted molar refractivity (Wildman–Crippen MR) is 125 cm³/mol. The highest BCUT2D eigenvalue weighted by atomic mass is 127. The van der Waals surface area contributed by atoms with Crippen LogP contribution in [0.1, 0.15) is 31.7 Å². The van der Waals surface area contributed by atoms with E-state index >= 15 is 0 Å². The topological polar surface area (TPSA) is 91.8 Å². The van der Waals surface area contributed by atoms with Crippen LogP contribution in [0.25, 0.3) is 0 Å². The summed E-state index contributed by atoms with van der Waals surface area (Å²) >= 11 is 0. The number of nitrogens with zero attached hydrogens (tertiary/aromatic N) is 1. The van der Waals surface area contributed by atoms with Crippen LogP contribution < -0.4 is 15.4 Å². The van der Waals surface area contributed by atoms with E-state index in [1.807, 2.05) is 37.3 Å². The highest BCUT2D eigenvalue weighted by Crippen LogP contribution is 2.25. The van der Waals surface area contributed by atoms with E-state index in [-0.39, 0.29) is 29.7 Å². The van der Waals surface area contributed by atoms with Crippen molar-refractivity contribution in [3.05, 3.63) is 35.9 Å². The molecular formula is C19H33IN4O3S. The van der Waals surface area contributed by atoms with Gasteiger partial charge >= 0.3 is 0 Å². The Labute approximate surface area is 186 Å². The smallest absolute Gasteiger partial charge is 0.213 e. The molecule has 0 unspecified atom stereocenters. The fourth-order valence-corrected chi connectivity index (χ4v) is 3.65. The van der Waals surface area contributed by atoms with Gasteiger partial charge in [-0.25, -0.2) is 13.1 Å². The summed E-state index contributed by atoms with van der Waals surface area (Å²) < 4.78 is 32.3. The fourth-order valence-electron chi connectivity index (χ4n) is 2.65. The van der Waals surface area contributed by atoms with Gasteiger partial charge < -0.3 is 15.4 Å². The fraction of sp³-hybridized carbons (Fsp3) is 0.632. The predicted octanol–water partition coefficient (Wildman–Crippen LogP) is 2.10. The summed E-state index contributed by atoms with van der Waals surface area (Å²) in [6.07, 6.45) is 3.47.